The first-order valence-corrected chi connectivity index (χ1v) is 5.33. The summed E-state index contributed by atoms with van der Waals surface area (Å²) >= 11 is 5.31. The van der Waals surface area contributed by atoms with Gasteiger partial charge in [0.05, 0.1) is 10.6 Å². The molecule has 0 bridgehead atoms. The van der Waals surface area contributed by atoms with Gasteiger partial charge in [0.25, 0.3) is 16.4 Å². The van der Waals surface area contributed by atoms with Crippen LogP contribution in [0.2, 0.25) is 5.02 Å². The molecule has 1 aromatic rings. The molecular weight excluding hydrogens is 257 g/mol. The molecule has 0 spiro atoms. The SMILES string of the molecule is NS(=O)(=O)c1nc(F)c(C(F)F)cc1Cl. The number of sulfonamides is 1. The van der Waals surface area contributed by atoms with Gasteiger partial charge in [0.15, 0.2) is 5.03 Å². The number of primary sulfonamides is 1. The van der Waals surface area contributed by atoms with Crippen LogP contribution < -0.4 is 5.14 Å². The zero-order valence-corrected chi connectivity index (χ0v) is 8.49. The van der Waals surface area contributed by atoms with Crippen molar-refractivity contribution in [3.63, 3.8) is 0 Å². The van der Waals surface area contributed by atoms with E-state index in [9.17, 15) is 21.6 Å². The average molecular weight is 261 g/mol. The van der Waals surface area contributed by atoms with Crippen LogP contribution in [0.5, 0.6) is 0 Å². The predicted molar refractivity (Wildman–Crippen MR) is 45.5 cm³/mol. The third kappa shape index (κ3) is 2.58. The molecule has 0 aliphatic rings. The van der Waals surface area contributed by atoms with E-state index in [-0.39, 0.29) is 0 Å². The van der Waals surface area contributed by atoms with Crippen molar-refractivity contribution in [2.75, 3.05) is 0 Å². The summed E-state index contributed by atoms with van der Waals surface area (Å²) in [7, 11) is -4.33. The summed E-state index contributed by atoms with van der Waals surface area (Å²) in [6.07, 6.45) is -3.13. The van der Waals surface area contributed by atoms with Gasteiger partial charge >= 0.3 is 0 Å². The number of rotatable bonds is 2. The Morgan fingerprint density at radius 1 is 1.47 bits per heavy atom. The van der Waals surface area contributed by atoms with Gasteiger partial charge in [-0.2, -0.15) is 4.39 Å². The van der Waals surface area contributed by atoms with Gasteiger partial charge in [-0.1, -0.05) is 11.6 Å². The summed E-state index contributed by atoms with van der Waals surface area (Å²) in [6.45, 7) is 0. The summed E-state index contributed by atoms with van der Waals surface area (Å²) < 4.78 is 58.6. The number of halogens is 4. The number of pyridine rings is 1. The summed E-state index contributed by atoms with van der Waals surface area (Å²) in [5.74, 6) is -1.61. The van der Waals surface area contributed by atoms with Gasteiger partial charge < -0.3 is 0 Å². The highest BCUT2D eigenvalue weighted by atomic mass is 35.5. The fourth-order valence-electron chi connectivity index (χ4n) is 0.817. The zero-order chi connectivity index (χ0) is 11.8. The highest BCUT2D eigenvalue weighted by Crippen LogP contribution is 2.27. The molecule has 0 aliphatic heterocycles. The second-order valence-electron chi connectivity index (χ2n) is 2.50. The summed E-state index contributed by atoms with van der Waals surface area (Å²) in [4.78, 5) is 2.77. The van der Waals surface area contributed by atoms with Crippen LogP contribution in [0.4, 0.5) is 13.2 Å². The number of hydrogen-bond donors (Lipinski definition) is 1. The number of alkyl halides is 2. The minimum atomic E-state index is -4.33. The molecule has 2 N–H and O–H groups in total. The smallest absolute Gasteiger partial charge is 0.223 e. The van der Waals surface area contributed by atoms with Crippen molar-refractivity contribution < 1.29 is 21.6 Å². The van der Waals surface area contributed by atoms with E-state index in [1.54, 1.807) is 0 Å². The molecule has 0 amide bonds. The molecule has 15 heavy (non-hydrogen) atoms. The Hall–Kier alpha value is -0.860. The second-order valence-corrected chi connectivity index (χ2v) is 4.39. The lowest BCUT2D eigenvalue weighted by Gasteiger charge is -2.05. The number of hydrogen-bond acceptors (Lipinski definition) is 3. The Kier molecular flexibility index (Phi) is 3.22. The fraction of sp³-hybridized carbons (Fsp3) is 0.167. The summed E-state index contributed by atoms with van der Waals surface area (Å²) in [5.41, 5.74) is -1.08. The normalized spacial score (nSPS) is 12.1. The molecule has 0 fully saturated rings. The molecule has 4 nitrogen and oxygen atoms in total. The van der Waals surface area contributed by atoms with Crippen LogP contribution in [-0.2, 0) is 10.0 Å². The number of nitrogens with two attached hydrogens (primary N) is 1. The van der Waals surface area contributed by atoms with E-state index in [0.717, 1.165) is 0 Å². The molecule has 0 saturated carbocycles. The molecular formula is C6H4ClF3N2O2S. The summed E-state index contributed by atoms with van der Waals surface area (Å²) in [5, 5.41) is 3.01. The van der Waals surface area contributed by atoms with Gasteiger partial charge in [0.2, 0.25) is 5.95 Å². The average Bonchev–Trinajstić information content (AvgIpc) is 2.06. The van der Waals surface area contributed by atoms with Crippen molar-refractivity contribution in [1.82, 2.24) is 4.98 Å². The monoisotopic (exact) mass is 260 g/mol. The zero-order valence-electron chi connectivity index (χ0n) is 6.92. The first kappa shape index (κ1) is 12.2. The predicted octanol–water partition coefficient (Wildman–Crippen LogP) is 1.46. The van der Waals surface area contributed by atoms with Crippen LogP contribution in [-0.4, -0.2) is 13.4 Å². The molecule has 0 aromatic carbocycles. The molecule has 0 saturated heterocycles. The Labute approximate surface area is 87.9 Å². The summed E-state index contributed by atoms with van der Waals surface area (Å²) in [6, 6.07) is 0.480. The lowest BCUT2D eigenvalue weighted by molar-refractivity contribution is 0.145. The highest BCUT2D eigenvalue weighted by Gasteiger charge is 2.22. The van der Waals surface area contributed by atoms with Crippen LogP contribution in [0.1, 0.15) is 12.0 Å². The minimum absolute atomic E-state index is 0.480. The standard InChI is InChI=1S/C6H4ClF3N2O2S/c7-3-1-2(4(8)9)5(10)12-6(3)15(11,13)14/h1,4H,(H2,11,13,14). The fourth-order valence-corrected chi connectivity index (χ4v) is 1.84. The van der Waals surface area contributed by atoms with E-state index < -0.39 is 38.0 Å². The van der Waals surface area contributed by atoms with Crippen molar-refractivity contribution >= 4 is 21.6 Å². The van der Waals surface area contributed by atoms with Gasteiger partial charge in [0.1, 0.15) is 0 Å². The van der Waals surface area contributed by atoms with Crippen LogP contribution in [0.15, 0.2) is 11.1 Å². The third-order valence-electron chi connectivity index (χ3n) is 1.43. The van der Waals surface area contributed by atoms with Crippen molar-refractivity contribution in [3.05, 3.63) is 22.6 Å². The first-order valence-electron chi connectivity index (χ1n) is 3.40. The van der Waals surface area contributed by atoms with E-state index >= 15 is 0 Å². The second kappa shape index (κ2) is 3.95. The lowest BCUT2D eigenvalue weighted by atomic mass is 10.3. The molecule has 0 atom stereocenters. The molecule has 0 radical (unpaired) electrons. The van der Waals surface area contributed by atoms with Gasteiger partial charge in [-0.25, -0.2) is 27.3 Å². The van der Waals surface area contributed by atoms with Gasteiger partial charge in [-0.15, -0.1) is 0 Å². The van der Waals surface area contributed by atoms with Crippen molar-refractivity contribution in [3.8, 4) is 0 Å². The van der Waals surface area contributed by atoms with Crippen molar-refractivity contribution in [2.24, 2.45) is 5.14 Å². The van der Waals surface area contributed by atoms with Crippen LogP contribution >= 0.6 is 11.6 Å². The topological polar surface area (TPSA) is 73.1 Å². The van der Waals surface area contributed by atoms with Crippen molar-refractivity contribution in [2.45, 2.75) is 11.5 Å². The Balaban J connectivity index is 3.46. The quantitative estimate of drug-likeness (QED) is 0.818. The van der Waals surface area contributed by atoms with Crippen molar-refractivity contribution in [1.29, 1.82) is 0 Å². The lowest BCUT2D eigenvalue weighted by Crippen LogP contribution is -2.16. The molecule has 84 valence electrons. The van der Waals surface area contributed by atoms with Crippen LogP contribution in [0.25, 0.3) is 0 Å². The third-order valence-corrected chi connectivity index (χ3v) is 2.68. The molecule has 9 heteroatoms. The van der Waals surface area contributed by atoms with E-state index in [2.05, 4.69) is 10.1 Å². The van der Waals surface area contributed by atoms with Gasteiger partial charge in [-0.05, 0) is 6.07 Å². The highest BCUT2D eigenvalue weighted by molar-refractivity contribution is 7.89. The van der Waals surface area contributed by atoms with Gasteiger partial charge in [-0.3, -0.25) is 0 Å². The Bertz CT molecular complexity index is 491. The molecule has 1 rings (SSSR count). The molecule has 0 aliphatic carbocycles. The largest absolute Gasteiger partial charge is 0.268 e. The van der Waals surface area contributed by atoms with E-state index in [0.29, 0.717) is 6.07 Å². The van der Waals surface area contributed by atoms with E-state index in [4.69, 9.17) is 11.6 Å². The number of aromatic nitrogens is 1. The maximum absolute atomic E-state index is 12.8. The Morgan fingerprint density at radius 3 is 2.40 bits per heavy atom. The Morgan fingerprint density at radius 2 is 2.00 bits per heavy atom. The minimum Gasteiger partial charge on any atom is -0.223 e. The first-order chi connectivity index (χ1) is 6.73. The molecule has 1 aromatic heterocycles. The van der Waals surface area contributed by atoms with Crippen LogP contribution in [0.3, 0.4) is 0 Å². The van der Waals surface area contributed by atoms with Gasteiger partial charge in [0, 0.05) is 0 Å². The van der Waals surface area contributed by atoms with E-state index in [1.807, 2.05) is 0 Å². The molecule has 0 unspecified atom stereocenters. The maximum atomic E-state index is 12.8. The van der Waals surface area contributed by atoms with E-state index in [1.165, 1.54) is 0 Å². The molecule has 1 heterocycles. The maximum Gasteiger partial charge on any atom is 0.268 e. The van der Waals surface area contributed by atoms with Crippen LogP contribution in [0, 0.1) is 5.95 Å². The number of nitrogens with zero attached hydrogens (tertiary/aromatic N) is 1.